The van der Waals surface area contributed by atoms with Gasteiger partial charge in [0.15, 0.2) is 0 Å². The van der Waals surface area contributed by atoms with Crippen molar-refractivity contribution in [2.45, 2.75) is 58.0 Å². The van der Waals surface area contributed by atoms with Gasteiger partial charge in [-0.2, -0.15) is 0 Å². The zero-order valence-corrected chi connectivity index (χ0v) is 19.8. The van der Waals surface area contributed by atoms with Crippen LogP contribution in [0.15, 0.2) is 40.0 Å². The van der Waals surface area contributed by atoms with Crippen LogP contribution < -0.4 is 14.3 Å². The third-order valence-electron chi connectivity index (χ3n) is 5.31. The molecule has 8 heteroatoms. The van der Waals surface area contributed by atoms with E-state index in [4.69, 9.17) is 4.74 Å². The molecule has 1 heterocycles. The molecular weight excluding hydrogens is 420 g/mol. The van der Waals surface area contributed by atoms with E-state index in [0.717, 1.165) is 39.3 Å². The molecule has 3 aromatic rings. The molecule has 2 aromatic carbocycles. The Balaban J connectivity index is 1.96. The van der Waals surface area contributed by atoms with Crippen molar-refractivity contribution in [3.8, 4) is 5.75 Å². The van der Waals surface area contributed by atoms with Crippen LogP contribution in [0, 0.1) is 6.92 Å². The van der Waals surface area contributed by atoms with Gasteiger partial charge in [0.2, 0.25) is 10.0 Å². The Kier molecular flexibility index (Phi) is 6.40. The Labute approximate surface area is 181 Å². The summed E-state index contributed by atoms with van der Waals surface area (Å²) in [5, 5.41) is 0. The molecule has 1 N–H and O–H groups in total. The number of ether oxygens (including phenoxy) is 1. The van der Waals surface area contributed by atoms with Gasteiger partial charge in [-0.25, -0.2) is 13.1 Å². The molecule has 0 aliphatic rings. The number of benzene rings is 2. The van der Waals surface area contributed by atoms with E-state index >= 15 is 0 Å². The fourth-order valence-electron chi connectivity index (χ4n) is 3.69. The van der Waals surface area contributed by atoms with Crippen molar-refractivity contribution >= 4 is 31.6 Å². The maximum Gasteiger partial charge on any atom is 0.308 e. The molecule has 0 bridgehead atoms. The van der Waals surface area contributed by atoms with Crippen molar-refractivity contribution in [2.75, 3.05) is 7.11 Å². The summed E-state index contributed by atoms with van der Waals surface area (Å²) in [6.07, 6.45) is 0. The van der Waals surface area contributed by atoms with E-state index in [9.17, 15) is 13.2 Å². The van der Waals surface area contributed by atoms with Crippen molar-refractivity contribution in [3.63, 3.8) is 0 Å². The van der Waals surface area contributed by atoms with Crippen molar-refractivity contribution in [1.29, 1.82) is 0 Å². The van der Waals surface area contributed by atoms with Gasteiger partial charge in [-0.15, -0.1) is 0 Å². The number of aryl methyl sites for hydroxylation is 2. The number of nitrogens with zero attached hydrogens (tertiary/aromatic N) is 1. The maximum atomic E-state index is 13.1. The molecule has 6 nitrogen and oxygen atoms in total. The molecular formula is C22H28N2O4S2. The average Bonchev–Trinajstić information content (AvgIpc) is 3.00. The second kappa shape index (κ2) is 8.53. The molecule has 0 radical (unpaired) electrons. The number of hydrogen-bond donors (Lipinski definition) is 1. The molecule has 0 saturated carbocycles. The van der Waals surface area contributed by atoms with Crippen LogP contribution in [-0.2, 0) is 16.6 Å². The molecule has 0 unspecified atom stereocenters. The highest BCUT2D eigenvalue weighted by molar-refractivity contribution is 7.89. The Hall–Kier alpha value is -2.16. The maximum absolute atomic E-state index is 13.1. The van der Waals surface area contributed by atoms with E-state index in [0.29, 0.717) is 11.2 Å². The number of aromatic nitrogens is 1. The molecule has 0 aliphatic heterocycles. The number of fused-ring (bicyclic) bond motifs is 1. The van der Waals surface area contributed by atoms with Gasteiger partial charge in [-0.3, -0.25) is 9.36 Å². The molecule has 3 rings (SSSR count). The summed E-state index contributed by atoms with van der Waals surface area (Å²) in [6.45, 7) is 10.4. The second-order valence-corrected chi connectivity index (χ2v) is 10.4. The van der Waals surface area contributed by atoms with Crippen LogP contribution in [0.25, 0.3) is 10.2 Å². The van der Waals surface area contributed by atoms with Crippen LogP contribution in [0.2, 0.25) is 0 Å². The Morgan fingerprint density at radius 3 is 2.43 bits per heavy atom. The van der Waals surface area contributed by atoms with Crippen LogP contribution in [0.1, 0.15) is 56.3 Å². The lowest BCUT2D eigenvalue weighted by Crippen LogP contribution is -2.27. The predicted molar refractivity (Wildman–Crippen MR) is 122 cm³/mol. The number of sulfonamides is 1. The topological polar surface area (TPSA) is 77.4 Å². The van der Waals surface area contributed by atoms with Gasteiger partial charge in [-0.05, 0) is 73.7 Å². The fourth-order valence-corrected chi connectivity index (χ4v) is 6.01. The zero-order valence-electron chi connectivity index (χ0n) is 18.1. The van der Waals surface area contributed by atoms with Crippen LogP contribution in [-0.4, -0.2) is 20.1 Å². The largest absolute Gasteiger partial charge is 0.496 e. The van der Waals surface area contributed by atoms with Crippen LogP contribution in [0.5, 0.6) is 5.75 Å². The number of thiazole rings is 1. The number of methoxy groups -OCH3 is 1. The Bertz CT molecular complexity index is 1240. The quantitative estimate of drug-likeness (QED) is 0.575. The number of nitrogens with one attached hydrogen (secondary N) is 1. The normalized spacial score (nSPS) is 13.2. The summed E-state index contributed by atoms with van der Waals surface area (Å²) in [5.41, 5.74) is 3.66. The minimum absolute atomic E-state index is 0.0848. The number of hydrogen-bond acceptors (Lipinski definition) is 5. The summed E-state index contributed by atoms with van der Waals surface area (Å²) in [6, 6.07) is 8.37. The van der Waals surface area contributed by atoms with Crippen LogP contribution in [0.3, 0.4) is 0 Å². The standard InChI is InChI=1S/C22H28N2O4S2/c1-7-24-19-9-8-16(11-21(19)29-22(24)25)30(26,27)23-15(5)18-12-17(13(2)3)20(28-6)10-14(18)4/h8-13,15,23H,7H2,1-6H3/t15-/m0/s1. The minimum atomic E-state index is -3.76. The molecule has 0 fully saturated rings. The van der Waals surface area contributed by atoms with Gasteiger partial charge in [0.25, 0.3) is 0 Å². The van der Waals surface area contributed by atoms with E-state index in [2.05, 4.69) is 18.6 Å². The summed E-state index contributed by atoms with van der Waals surface area (Å²) in [4.78, 5) is 12.1. The van der Waals surface area contributed by atoms with Crippen molar-refractivity contribution in [1.82, 2.24) is 9.29 Å². The van der Waals surface area contributed by atoms with Crippen molar-refractivity contribution < 1.29 is 13.2 Å². The minimum Gasteiger partial charge on any atom is -0.496 e. The summed E-state index contributed by atoms with van der Waals surface area (Å²) >= 11 is 1.06. The summed E-state index contributed by atoms with van der Waals surface area (Å²) < 4.78 is 36.7. The van der Waals surface area contributed by atoms with Gasteiger partial charge in [0.1, 0.15) is 5.75 Å². The Morgan fingerprint density at radius 1 is 1.13 bits per heavy atom. The zero-order chi connectivity index (χ0) is 22.2. The first-order chi connectivity index (χ1) is 14.1. The summed E-state index contributed by atoms with van der Waals surface area (Å²) in [7, 11) is -2.12. The number of rotatable bonds is 7. The average molecular weight is 449 g/mol. The molecule has 0 spiro atoms. The van der Waals surface area contributed by atoms with Gasteiger partial charge < -0.3 is 4.74 Å². The molecule has 0 amide bonds. The first-order valence-corrected chi connectivity index (χ1v) is 12.2. The smallest absolute Gasteiger partial charge is 0.308 e. The summed E-state index contributed by atoms with van der Waals surface area (Å²) in [5.74, 6) is 1.05. The first kappa shape index (κ1) is 22.5. The fraction of sp³-hybridized carbons (Fsp3) is 0.409. The van der Waals surface area contributed by atoms with Crippen molar-refractivity contribution in [3.05, 3.63) is 56.7 Å². The van der Waals surface area contributed by atoms with Gasteiger partial charge in [-0.1, -0.05) is 25.2 Å². The molecule has 1 aromatic heterocycles. The lowest BCUT2D eigenvalue weighted by molar-refractivity contribution is 0.406. The molecule has 30 heavy (non-hydrogen) atoms. The molecule has 0 aliphatic carbocycles. The van der Waals surface area contributed by atoms with E-state index in [1.165, 1.54) is 0 Å². The third-order valence-corrected chi connectivity index (χ3v) is 7.79. The molecule has 0 saturated heterocycles. The highest BCUT2D eigenvalue weighted by Gasteiger charge is 2.22. The first-order valence-electron chi connectivity index (χ1n) is 9.93. The van der Waals surface area contributed by atoms with E-state index in [1.807, 2.05) is 32.9 Å². The van der Waals surface area contributed by atoms with E-state index in [-0.39, 0.29) is 15.7 Å². The Morgan fingerprint density at radius 2 is 1.83 bits per heavy atom. The molecule has 162 valence electrons. The van der Waals surface area contributed by atoms with Crippen LogP contribution in [0.4, 0.5) is 0 Å². The second-order valence-electron chi connectivity index (χ2n) is 7.69. The van der Waals surface area contributed by atoms with Crippen molar-refractivity contribution in [2.24, 2.45) is 0 Å². The van der Waals surface area contributed by atoms with Gasteiger partial charge in [0, 0.05) is 12.6 Å². The lowest BCUT2D eigenvalue weighted by atomic mass is 9.94. The predicted octanol–water partition coefficient (Wildman–Crippen LogP) is 4.56. The highest BCUT2D eigenvalue weighted by atomic mass is 32.2. The van der Waals surface area contributed by atoms with E-state index < -0.39 is 16.1 Å². The third kappa shape index (κ3) is 4.17. The van der Waals surface area contributed by atoms with Crippen LogP contribution >= 0.6 is 11.3 Å². The highest BCUT2D eigenvalue weighted by Crippen LogP contribution is 2.32. The molecule has 1 atom stereocenters. The SMILES string of the molecule is CCn1c(=O)sc2cc(S(=O)(=O)N[C@@H](C)c3cc(C(C)C)c(OC)cc3C)ccc21. The van der Waals surface area contributed by atoms with Gasteiger partial charge in [0.05, 0.1) is 22.2 Å². The van der Waals surface area contributed by atoms with Gasteiger partial charge >= 0.3 is 4.87 Å². The van der Waals surface area contributed by atoms with E-state index in [1.54, 1.807) is 29.9 Å². The lowest BCUT2D eigenvalue weighted by Gasteiger charge is -2.21. The monoisotopic (exact) mass is 448 g/mol.